The van der Waals surface area contributed by atoms with Gasteiger partial charge in [-0.05, 0) is 30.2 Å². The van der Waals surface area contributed by atoms with Gasteiger partial charge >= 0.3 is 5.97 Å². The van der Waals surface area contributed by atoms with E-state index in [1.54, 1.807) is 5.38 Å². The zero-order valence-electron chi connectivity index (χ0n) is 10.9. The van der Waals surface area contributed by atoms with E-state index in [0.717, 1.165) is 24.2 Å². The molecule has 0 aliphatic heterocycles. The van der Waals surface area contributed by atoms with E-state index in [9.17, 15) is 13.2 Å². The summed E-state index contributed by atoms with van der Waals surface area (Å²) in [6.07, 6.45) is 1.97. The number of nitrogens with two attached hydrogens (primary N) is 1. The topological polar surface area (TPSA) is 98.5 Å². The Morgan fingerprint density at radius 2 is 2.25 bits per heavy atom. The average molecular weight is 341 g/mol. The summed E-state index contributed by atoms with van der Waals surface area (Å²) in [5.74, 6) is -0.342. The van der Waals surface area contributed by atoms with Crippen molar-refractivity contribution in [1.82, 2.24) is 4.72 Å². The minimum atomic E-state index is -3.74. The first-order valence-electron chi connectivity index (χ1n) is 5.87. The van der Waals surface area contributed by atoms with Gasteiger partial charge in [-0.25, -0.2) is 17.9 Å². The molecule has 0 spiro atoms. The Kier molecular flexibility index (Phi) is 5.96. The summed E-state index contributed by atoms with van der Waals surface area (Å²) in [7, 11) is -2.52. The maximum atomic E-state index is 12.3. The van der Waals surface area contributed by atoms with Gasteiger partial charge in [0.15, 0.2) is 0 Å². The molecule has 0 amide bonds. The zero-order valence-corrected chi connectivity index (χ0v) is 13.3. The molecule has 1 saturated carbocycles. The van der Waals surface area contributed by atoms with Gasteiger partial charge < -0.3 is 10.5 Å². The van der Waals surface area contributed by atoms with Crippen molar-refractivity contribution in [3.05, 3.63) is 16.3 Å². The summed E-state index contributed by atoms with van der Waals surface area (Å²) in [5, 5.41) is 1.55. The summed E-state index contributed by atoms with van der Waals surface area (Å²) < 4.78 is 31.7. The quantitative estimate of drug-likeness (QED) is 0.752. The van der Waals surface area contributed by atoms with Gasteiger partial charge in [-0.1, -0.05) is 0 Å². The number of halogens is 1. The van der Waals surface area contributed by atoms with Gasteiger partial charge in [0.1, 0.15) is 9.77 Å². The number of carbonyl (C=O) groups excluding carboxylic acids is 1. The molecule has 1 atom stereocenters. The number of esters is 1. The van der Waals surface area contributed by atoms with Crippen LogP contribution in [0.1, 0.15) is 22.5 Å². The maximum absolute atomic E-state index is 12.3. The fourth-order valence-electron chi connectivity index (χ4n) is 1.85. The molecule has 3 N–H and O–H groups in total. The first-order chi connectivity index (χ1) is 8.99. The van der Waals surface area contributed by atoms with Crippen LogP contribution in [0.2, 0.25) is 0 Å². The molecule has 1 aromatic rings. The summed E-state index contributed by atoms with van der Waals surface area (Å²) >= 11 is 1.04. The van der Waals surface area contributed by atoms with E-state index >= 15 is 0 Å². The monoisotopic (exact) mass is 340 g/mol. The van der Waals surface area contributed by atoms with Gasteiger partial charge in [-0.15, -0.1) is 23.7 Å². The molecule has 1 unspecified atom stereocenters. The van der Waals surface area contributed by atoms with Crippen LogP contribution in [0.15, 0.2) is 16.3 Å². The van der Waals surface area contributed by atoms with E-state index in [-0.39, 0.29) is 34.8 Å². The predicted octanol–water partition coefficient (Wildman–Crippen LogP) is 0.972. The number of sulfonamides is 1. The Bertz CT molecular complexity index is 569. The Hall–Kier alpha value is -0.670. The van der Waals surface area contributed by atoms with Crippen LogP contribution in [-0.2, 0) is 14.8 Å². The molecule has 0 saturated heterocycles. The van der Waals surface area contributed by atoms with Crippen molar-refractivity contribution >= 4 is 39.7 Å². The minimum absolute atomic E-state index is 0. The highest BCUT2D eigenvalue weighted by molar-refractivity contribution is 7.89. The first kappa shape index (κ1) is 17.4. The number of hydrogen-bond donors (Lipinski definition) is 2. The van der Waals surface area contributed by atoms with Crippen LogP contribution in [0, 0.1) is 5.92 Å². The predicted molar refractivity (Wildman–Crippen MR) is 78.8 cm³/mol. The van der Waals surface area contributed by atoms with Crippen molar-refractivity contribution in [2.45, 2.75) is 23.8 Å². The smallest absolute Gasteiger partial charge is 0.349 e. The minimum Gasteiger partial charge on any atom is -0.465 e. The number of hydrogen-bond acceptors (Lipinski definition) is 6. The number of methoxy groups -OCH3 is 1. The average Bonchev–Trinajstić information content (AvgIpc) is 3.10. The van der Waals surface area contributed by atoms with Gasteiger partial charge in [0.05, 0.1) is 7.11 Å². The highest BCUT2D eigenvalue weighted by Crippen LogP contribution is 2.33. The molecule has 1 aliphatic rings. The highest BCUT2D eigenvalue weighted by Gasteiger charge is 2.35. The second-order valence-corrected chi connectivity index (χ2v) is 7.00. The van der Waals surface area contributed by atoms with E-state index < -0.39 is 16.0 Å². The van der Waals surface area contributed by atoms with Crippen LogP contribution >= 0.6 is 23.7 Å². The Labute approximate surface area is 128 Å². The van der Waals surface area contributed by atoms with Crippen LogP contribution in [0.3, 0.4) is 0 Å². The lowest BCUT2D eigenvalue weighted by Gasteiger charge is -2.16. The van der Waals surface area contributed by atoms with Crippen molar-refractivity contribution < 1.29 is 17.9 Å². The van der Waals surface area contributed by atoms with Gasteiger partial charge in [0, 0.05) is 12.6 Å². The van der Waals surface area contributed by atoms with Crippen LogP contribution < -0.4 is 10.5 Å². The Morgan fingerprint density at radius 3 is 2.75 bits per heavy atom. The van der Waals surface area contributed by atoms with Crippen molar-refractivity contribution in [2.24, 2.45) is 11.7 Å². The molecule has 20 heavy (non-hydrogen) atoms. The van der Waals surface area contributed by atoms with E-state index in [0.29, 0.717) is 5.92 Å². The Morgan fingerprint density at radius 1 is 1.60 bits per heavy atom. The first-order valence-corrected chi connectivity index (χ1v) is 8.24. The number of rotatable bonds is 6. The third-order valence-electron chi connectivity index (χ3n) is 3.04. The van der Waals surface area contributed by atoms with Gasteiger partial charge in [0.2, 0.25) is 10.0 Å². The molecule has 9 heteroatoms. The number of nitrogens with one attached hydrogen (secondary N) is 1. The summed E-state index contributed by atoms with van der Waals surface area (Å²) in [4.78, 5) is 11.6. The molecule has 6 nitrogen and oxygen atoms in total. The fraction of sp³-hybridized carbons (Fsp3) is 0.545. The molecule has 1 aliphatic carbocycles. The van der Waals surface area contributed by atoms with E-state index in [4.69, 9.17) is 5.73 Å². The number of carbonyl (C=O) groups is 1. The molecule has 114 valence electrons. The van der Waals surface area contributed by atoms with Crippen molar-refractivity contribution in [1.29, 1.82) is 0 Å². The molecule has 2 rings (SSSR count). The molecule has 0 aromatic carbocycles. The second kappa shape index (κ2) is 6.86. The van der Waals surface area contributed by atoms with Crippen molar-refractivity contribution in [3.63, 3.8) is 0 Å². The molecular weight excluding hydrogens is 324 g/mol. The molecule has 0 bridgehead atoms. The SMILES string of the molecule is COC(=O)c1sccc1S(=O)(=O)NC(CN)C1CC1.Cl. The van der Waals surface area contributed by atoms with Gasteiger partial charge in [0.25, 0.3) is 0 Å². The van der Waals surface area contributed by atoms with Gasteiger partial charge in [-0.2, -0.15) is 0 Å². The maximum Gasteiger partial charge on any atom is 0.349 e. The summed E-state index contributed by atoms with van der Waals surface area (Å²) in [6, 6.07) is 1.13. The van der Waals surface area contributed by atoms with Crippen LogP contribution in [0.5, 0.6) is 0 Å². The van der Waals surface area contributed by atoms with Crippen LogP contribution in [0.25, 0.3) is 0 Å². The van der Waals surface area contributed by atoms with E-state index in [1.807, 2.05) is 0 Å². The third-order valence-corrected chi connectivity index (χ3v) is 5.60. The highest BCUT2D eigenvalue weighted by atomic mass is 35.5. The van der Waals surface area contributed by atoms with E-state index in [1.165, 1.54) is 13.2 Å². The molecule has 1 heterocycles. The fourth-order valence-corrected chi connectivity index (χ4v) is 4.50. The lowest BCUT2D eigenvalue weighted by atomic mass is 10.2. The zero-order chi connectivity index (χ0) is 14.0. The lowest BCUT2D eigenvalue weighted by molar-refractivity contribution is 0.0602. The number of ether oxygens (including phenoxy) is 1. The lowest BCUT2D eigenvalue weighted by Crippen LogP contribution is -2.41. The normalized spacial score (nSPS) is 16.3. The molecular formula is C11H17ClN2O4S2. The van der Waals surface area contributed by atoms with Crippen LogP contribution in [-0.4, -0.2) is 34.1 Å². The summed E-state index contributed by atoms with van der Waals surface area (Å²) in [5.41, 5.74) is 5.58. The molecule has 0 radical (unpaired) electrons. The number of thiophene rings is 1. The largest absolute Gasteiger partial charge is 0.465 e. The second-order valence-electron chi connectivity index (χ2n) is 4.41. The van der Waals surface area contributed by atoms with Crippen molar-refractivity contribution in [2.75, 3.05) is 13.7 Å². The van der Waals surface area contributed by atoms with Crippen molar-refractivity contribution in [3.8, 4) is 0 Å². The van der Waals surface area contributed by atoms with Crippen LogP contribution in [0.4, 0.5) is 0 Å². The van der Waals surface area contributed by atoms with E-state index in [2.05, 4.69) is 9.46 Å². The standard InChI is InChI=1S/C11H16N2O4S2.ClH/c1-17-11(14)10-9(4-5-18-10)19(15,16)13-8(6-12)7-2-3-7;/h4-5,7-8,13H,2-3,6,12H2,1H3;1H. The molecule has 1 fully saturated rings. The molecule has 1 aromatic heterocycles. The summed E-state index contributed by atoms with van der Waals surface area (Å²) in [6.45, 7) is 0.252. The third kappa shape index (κ3) is 3.70. The van der Waals surface area contributed by atoms with Gasteiger partial charge in [-0.3, -0.25) is 0 Å². The Balaban J connectivity index is 0.00000200.